The van der Waals surface area contributed by atoms with Gasteiger partial charge >= 0.3 is 0 Å². The van der Waals surface area contributed by atoms with Gasteiger partial charge in [-0.3, -0.25) is 19.8 Å². The zero-order valence-corrected chi connectivity index (χ0v) is 36.9. The highest BCUT2D eigenvalue weighted by atomic mass is 35.5. The van der Waals surface area contributed by atoms with Crippen molar-refractivity contribution in [3.63, 3.8) is 0 Å². The number of anilines is 2. The number of aromatic amines is 1. The minimum atomic E-state index is -4.55. The van der Waals surface area contributed by atoms with Gasteiger partial charge in [-0.25, -0.2) is 18.1 Å². The first kappa shape index (κ1) is 43.2. The van der Waals surface area contributed by atoms with Crippen molar-refractivity contribution in [2.75, 3.05) is 69.1 Å². The van der Waals surface area contributed by atoms with Crippen LogP contribution in [0, 0.1) is 21.4 Å². The number of aromatic nitrogens is 2. The van der Waals surface area contributed by atoms with Gasteiger partial charge in [0.15, 0.2) is 0 Å². The second kappa shape index (κ2) is 18.1. The van der Waals surface area contributed by atoms with Gasteiger partial charge in [0.25, 0.3) is 21.6 Å². The number of rotatable bonds is 14. The van der Waals surface area contributed by atoms with Crippen LogP contribution >= 0.6 is 11.6 Å². The van der Waals surface area contributed by atoms with Gasteiger partial charge in [-0.05, 0) is 110 Å². The molecule has 8 rings (SSSR count). The van der Waals surface area contributed by atoms with Crippen LogP contribution in [-0.2, 0) is 10.0 Å². The minimum absolute atomic E-state index is 0.0301. The fourth-order valence-electron chi connectivity index (χ4n) is 8.82. The molecule has 1 unspecified atom stereocenters. The first-order valence-corrected chi connectivity index (χ1v) is 23.1. The van der Waals surface area contributed by atoms with E-state index >= 15 is 0 Å². The number of allylic oxidation sites excluding steroid dienone is 1. The van der Waals surface area contributed by atoms with E-state index in [1.165, 1.54) is 35.0 Å². The standard InChI is InChI=1S/C46H53ClN8O6S/c1-4-52-18-15-31(29-52)27-49-41-12-10-38(25-42(41)55(57)58)62(59,60)51-45(56)39-11-9-36(24-43(39)61-37-23-33-14-17-48-44(33)50-28-37)54-21-19-53(20-22-54)30-34-13-16-46(2,3)26-40(34)32-5-7-35(47)8-6-32/h5-12,14,17,23-25,28,31,49H,4,13,15-16,18-22,26-27,29-30H2,1-3H3,(H,48,50)(H,51,56). The van der Waals surface area contributed by atoms with Crippen molar-refractivity contribution < 1.29 is 22.9 Å². The van der Waals surface area contributed by atoms with E-state index in [4.69, 9.17) is 16.3 Å². The largest absolute Gasteiger partial charge is 0.455 e. The Balaban J connectivity index is 0.998. The number of hydrogen-bond donors (Lipinski definition) is 3. The molecular weight excluding hydrogens is 828 g/mol. The summed E-state index contributed by atoms with van der Waals surface area (Å²) >= 11 is 6.24. The number of nitrogens with one attached hydrogen (secondary N) is 3. The van der Waals surface area contributed by atoms with Crippen LogP contribution in [0.1, 0.15) is 62.4 Å². The van der Waals surface area contributed by atoms with Gasteiger partial charge in [-0.1, -0.05) is 50.1 Å². The van der Waals surface area contributed by atoms with Crippen molar-refractivity contribution in [1.82, 2.24) is 24.5 Å². The molecule has 2 aliphatic heterocycles. The Morgan fingerprint density at radius 2 is 1.81 bits per heavy atom. The number of amides is 1. The molecule has 1 atom stereocenters. The zero-order valence-electron chi connectivity index (χ0n) is 35.3. The third-order valence-corrected chi connectivity index (χ3v) is 14.0. The number of hydrogen-bond acceptors (Lipinski definition) is 11. The van der Waals surface area contributed by atoms with Crippen LogP contribution in [0.2, 0.25) is 5.02 Å². The second-order valence-corrected chi connectivity index (χ2v) is 19.5. The predicted octanol–water partition coefficient (Wildman–Crippen LogP) is 8.58. The Labute approximate surface area is 367 Å². The number of nitro groups is 1. The van der Waals surface area contributed by atoms with Crippen molar-refractivity contribution in [2.45, 2.75) is 51.3 Å². The smallest absolute Gasteiger partial charge is 0.293 e. The van der Waals surface area contributed by atoms with Crippen LogP contribution in [0.4, 0.5) is 17.1 Å². The monoisotopic (exact) mass is 880 g/mol. The van der Waals surface area contributed by atoms with E-state index in [0.717, 1.165) is 100 Å². The third-order valence-electron chi connectivity index (χ3n) is 12.4. The van der Waals surface area contributed by atoms with Crippen molar-refractivity contribution >= 4 is 61.2 Å². The predicted molar refractivity (Wildman–Crippen MR) is 244 cm³/mol. The summed E-state index contributed by atoms with van der Waals surface area (Å²) in [5, 5.41) is 16.8. The molecule has 2 saturated heterocycles. The summed E-state index contributed by atoms with van der Waals surface area (Å²) in [6, 6.07) is 20.5. The molecule has 1 aliphatic carbocycles. The van der Waals surface area contributed by atoms with Crippen molar-refractivity contribution in [1.29, 1.82) is 0 Å². The molecule has 3 N–H and O–H groups in total. The molecule has 0 radical (unpaired) electrons. The summed E-state index contributed by atoms with van der Waals surface area (Å²) in [6.45, 7) is 14.1. The number of sulfonamides is 1. The van der Waals surface area contributed by atoms with Crippen LogP contribution in [0.5, 0.6) is 11.5 Å². The fraction of sp³-hybridized carbons (Fsp3) is 0.391. The summed E-state index contributed by atoms with van der Waals surface area (Å²) in [6.07, 6.45) is 7.47. The number of carbonyl (C=O) groups is 1. The normalized spacial score (nSPS) is 18.6. The quantitative estimate of drug-likeness (QED) is 0.0723. The van der Waals surface area contributed by atoms with Gasteiger partial charge < -0.3 is 24.8 Å². The Morgan fingerprint density at radius 1 is 1.02 bits per heavy atom. The number of likely N-dealkylation sites (tertiary alicyclic amines) is 1. The van der Waals surface area contributed by atoms with Gasteiger partial charge in [-0.2, -0.15) is 0 Å². The van der Waals surface area contributed by atoms with Crippen LogP contribution in [0.25, 0.3) is 16.6 Å². The van der Waals surface area contributed by atoms with Gasteiger partial charge in [0.2, 0.25) is 0 Å². The fourth-order valence-corrected chi connectivity index (χ4v) is 9.93. The highest BCUT2D eigenvalue weighted by Gasteiger charge is 2.31. The molecule has 5 aromatic rings. The number of benzene rings is 3. The summed E-state index contributed by atoms with van der Waals surface area (Å²) in [4.78, 5) is 39.5. The maximum absolute atomic E-state index is 13.9. The number of pyridine rings is 1. The molecule has 14 nitrogen and oxygen atoms in total. The minimum Gasteiger partial charge on any atom is -0.455 e. The van der Waals surface area contributed by atoms with Crippen LogP contribution in [0.3, 0.4) is 0 Å². The number of H-pyrrole nitrogens is 1. The van der Waals surface area contributed by atoms with Gasteiger partial charge in [-0.15, -0.1) is 0 Å². The van der Waals surface area contributed by atoms with Crippen molar-refractivity contribution in [3.05, 3.63) is 117 Å². The first-order chi connectivity index (χ1) is 29.7. The Bertz CT molecular complexity index is 2610. The number of piperazine rings is 1. The number of fused-ring (bicyclic) bond motifs is 1. The molecule has 2 fully saturated rings. The average Bonchev–Trinajstić information content (AvgIpc) is 3.93. The van der Waals surface area contributed by atoms with Crippen LogP contribution in [0.15, 0.2) is 95.7 Å². The van der Waals surface area contributed by atoms with Gasteiger partial charge in [0.1, 0.15) is 22.8 Å². The van der Waals surface area contributed by atoms with Gasteiger partial charge in [0, 0.05) is 80.2 Å². The van der Waals surface area contributed by atoms with E-state index in [0.29, 0.717) is 23.9 Å². The first-order valence-electron chi connectivity index (χ1n) is 21.2. The number of halogens is 1. The molecular formula is C46H53ClN8O6S. The van der Waals surface area contributed by atoms with Crippen LogP contribution < -0.4 is 19.7 Å². The van der Waals surface area contributed by atoms with Crippen molar-refractivity contribution in [3.8, 4) is 11.5 Å². The molecule has 1 amide bonds. The number of ether oxygens (including phenoxy) is 1. The number of nitro benzene ring substituents is 1. The van der Waals surface area contributed by atoms with E-state index < -0.39 is 31.4 Å². The Morgan fingerprint density at radius 3 is 2.55 bits per heavy atom. The summed E-state index contributed by atoms with van der Waals surface area (Å²) in [5.74, 6) is -0.137. The molecule has 16 heteroatoms. The zero-order chi connectivity index (χ0) is 43.6. The second-order valence-electron chi connectivity index (χ2n) is 17.4. The van der Waals surface area contributed by atoms with E-state index in [2.05, 4.69) is 67.6 Å². The average molecular weight is 881 g/mol. The summed E-state index contributed by atoms with van der Waals surface area (Å²) in [5.41, 5.74) is 5.61. The SMILES string of the molecule is CCN1CCC(CNc2ccc(S(=O)(=O)NC(=O)c3ccc(N4CCN(CC5=C(c6ccc(Cl)cc6)CC(C)(C)CC5)CC4)cc3Oc3cnc4[nH]ccc4c3)cc2[N+](=O)[O-])C1. The molecule has 0 spiro atoms. The molecule has 0 bridgehead atoms. The molecule has 3 aromatic carbocycles. The van der Waals surface area contributed by atoms with E-state index in [-0.39, 0.29) is 22.4 Å². The highest BCUT2D eigenvalue weighted by molar-refractivity contribution is 7.90. The number of carbonyl (C=O) groups excluding carboxylic acids is 1. The number of nitrogens with zero attached hydrogens (tertiary/aromatic N) is 5. The highest BCUT2D eigenvalue weighted by Crippen LogP contribution is 2.43. The molecule has 2 aromatic heterocycles. The molecule has 0 saturated carbocycles. The summed E-state index contributed by atoms with van der Waals surface area (Å²) < 4.78 is 35.9. The third kappa shape index (κ3) is 9.91. The topological polar surface area (TPSA) is 166 Å². The lowest BCUT2D eigenvalue weighted by Crippen LogP contribution is -2.47. The lowest BCUT2D eigenvalue weighted by Gasteiger charge is -2.39. The lowest BCUT2D eigenvalue weighted by atomic mass is 9.72. The Kier molecular flexibility index (Phi) is 12.6. The summed E-state index contributed by atoms with van der Waals surface area (Å²) in [7, 11) is -4.55. The molecule has 62 heavy (non-hydrogen) atoms. The van der Waals surface area contributed by atoms with E-state index in [1.54, 1.807) is 30.5 Å². The molecule has 326 valence electrons. The van der Waals surface area contributed by atoms with Crippen molar-refractivity contribution in [2.24, 2.45) is 11.3 Å². The van der Waals surface area contributed by atoms with Gasteiger partial charge in [0.05, 0.1) is 21.6 Å². The molecule has 4 heterocycles. The maximum atomic E-state index is 13.9. The van der Waals surface area contributed by atoms with E-state index in [9.17, 15) is 23.3 Å². The Hall–Kier alpha value is -5.48. The van der Waals surface area contributed by atoms with Crippen LogP contribution in [-0.4, -0.2) is 97.9 Å². The maximum Gasteiger partial charge on any atom is 0.293 e. The molecule has 3 aliphatic rings. The van der Waals surface area contributed by atoms with E-state index in [1.807, 2.05) is 18.2 Å². The lowest BCUT2D eigenvalue weighted by molar-refractivity contribution is -0.384.